The maximum absolute atomic E-state index is 12.4. The molecule has 6 nitrogen and oxygen atoms in total. The zero-order chi connectivity index (χ0) is 18.1. The fraction of sp³-hybridized carbons (Fsp3) is 0.105. The Kier molecular flexibility index (Phi) is 4.14. The standard InChI is InChI=1S/C19H16N4O2S/c1-12-8-9-15(25-12)11-20-21-18(24)17-10-16-13(2)22-23(19(16)26-17)14-6-4-3-5-7-14/h3-11H,1-2H3,(H,21,24)/b20-11-. The average Bonchev–Trinajstić information content (AvgIpc) is 3.33. The lowest BCUT2D eigenvalue weighted by Gasteiger charge is -2.01. The first-order chi connectivity index (χ1) is 12.6. The van der Waals surface area contributed by atoms with Gasteiger partial charge >= 0.3 is 0 Å². The summed E-state index contributed by atoms with van der Waals surface area (Å²) >= 11 is 1.39. The smallest absolute Gasteiger partial charge is 0.281 e. The van der Waals surface area contributed by atoms with E-state index in [9.17, 15) is 4.79 Å². The number of carbonyl (C=O) groups excluding carboxylic acids is 1. The van der Waals surface area contributed by atoms with Gasteiger partial charge in [0.1, 0.15) is 16.4 Å². The van der Waals surface area contributed by atoms with Gasteiger partial charge in [0.05, 0.1) is 22.5 Å². The van der Waals surface area contributed by atoms with Gasteiger partial charge in [0, 0.05) is 5.39 Å². The summed E-state index contributed by atoms with van der Waals surface area (Å²) in [6.07, 6.45) is 1.48. The Morgan fingerprint density at radius 1 is 1.23 bits per heavy atom. The second kappa shape index (κ2) is 6.61. The number of furan rings is 1. The van der Waals surface area contributed by atoms with E-state index in [2.05, 4.69) is 15.6 Å². The Labute approximate surface area is 153 Å². The van der Waals surface area contributed by atoms with Crippen LogP contribution in [-0.4, -0.2) is 21.9 Å². The van der Waals surface area contributed by atoms with Gasteiger partial charge in [-0.1, -0.05) is 18.2 Å². The van der Waals surface area contributed by atoms with Gasteiger partial charge in [-0.3, -0.25) is 4.79 Å². The molecule has 0 saturated heterocycles. The molecule has 4 rings (SSSR count). The van der Waals surface area contributed by atoms with Crippen LogP contribution >= 0.6 is 11.3 Å². The second-order valence-corrected chi connectivity index (χ2v) is 6.84. The quantitative estimate of drug-likeness (QED) is 0.438. The molecule has 1 amide bonds. The van der Waals surface area contributed by atoms with Crippen molar-refractivity contribution >= 4 is 33.7 Å². The van der Waals surface area contributed by atoms with Crippen LogP contribution in [0.2, 0.25) is 0 Å². The summed E-state index contributed by atoms with van der Waals surface area (Å²) in [5, 5.41) is 9.50. The van der Waals surface area contributed by atoms with Crippen LogP contribution in [0.25, 0.3) is 15.9 Å². The SMILES string of the molecule is Cc1ccc(/C=N\NC(=O)c2cc3c(C)nn(-c4ccccc4)c3s2)o1. The number of nitrogens with one attached hydrogen (secondary N) is 1. The fourth-order valence-corrected chi connectivity index (χ4v) is 3.71. The highest BCUT2D eigenvalue weighted by atomic mass is 32.1. The van der Waals surface area contributed by atoms with E-state index < -0.39 is 0 Å². The Bertz CT molecular complexity index is 1110. The number of nitrogens with zero attached hydrogens (tertiary/aromatic N) is 3. The van der Waals surface area contributed by atoms with Crippen LogP contribution in [0.4, 0.5) is 0 Å². The van der Waals surface area contributed by atoms with Crippen LogP contribution in [-0.2, 0) is 0 Å². The number of para-hydroxylation sites is 1. The third kappa shape index (κ3) is 3.04. The van der Waals surface area contributed by atoms with Crippen molar-refractivity contribution in [2.24, 2.45) is 5.10 Å². The van der Waals surface area contributed by atoms with E-state index in [1.807, 2.05) is 61.0 Å². The molecule has 1 aromatic carbocycles. The molecule has 0 aliphatic heterocycles. The number of fused-ring (bicyclic) bond motifs is 1. The number of amides is 1. The molecule has 0 aliphatic rings. The second-order valence-electron chi connectivity index (χ2n) is 5.81. The summed E-state index contributed by atoms with van der Waals surface area (Å²) in [7, 11) is 0. The Balaban J connectivity index is 1.59. The number of hydrogen-bond acceptors (Lipinski definition) is 5. The van der Waals surface area contributed by atoms with Crippen LogP contribution in [0.5, 0.6) is 0 Å². The molecule has 3 heterocycles. The summed E-state index contributed by atoms with van der Waals surface area (Å²) in [5.74, 6) is 1.13. The molecular formula is C19H16N4O2S. The first kappa shape index (κ1) is 16.3. The normalized spacial score (nSPS) is 11.5. The third-order valence-electron chi connectivity index (χ3n) is 3.89. The van der Waals surface area contributed by atoms with E-state index in [1.54, 1.807) is 6.07 Å². The number of hydrogen-bond donors (Lipinski definition) is 1. The minimum absolute atomic E-state index is 0.260. The molecule has 0 unspecified atom stereocenters. The monoisotopic (exact) mass is 364 g/mol. The number of hydrazone groups is 1. The van der Waals surface area contributed by atoms with Crippen LogP contribution in [0.3, 0.4) is 0 Å². The Hall–Kier alpha value is -3.19. The minimum atomic E-state index is -0.260. The number of aryl methyl sites for hydroxylation is 2. The summed E-state index contributed by atoms with van der Waals surface area (Å²) in [4.78, 5) is 13.9. The van der Waals surface area contributed by atoms with Gasteiger partial charge in [-0.2, -0.15) is 10.2 Å². The van der Waals surface area contributed by atoms with E-state index in [4.69, 9.17) is 4.42 Å². The number of rotatable bonds is 4. The zero-order valence-corrected chi connectivity index (χ0v) is 15.1. The van der Waals surface area contributed by atoms with Gasteiger partial charge in [-0.15, -0.1) is 11.3 Å². The molecule has 0 radical (unpaired) electrons. The summed E-state index contributed by atoms with van der Waals surface area (Å²) in [5.41, 5.74) is 4.38. The Morgan fingerprint density at radius 2 is 2.04 bits per heavy atom. The number of thiophene rings is 1. The molecule has 4 aromatic rings. The van der Waals surface area contributed by atoms with Gasteiger partial charge in [-0.05, 0) is 44.2 Å². The van der Waals surface area contributed by atoms with Gasteiger partial charge in [-0.25, -0.2) is 10.1 Å². The minimum Gasteiger partial charge on any atom is -0.460 e. The molecule has 7 heteroatoms. The van der Waals surface area contributed by atoms with Crippen molar-refractivity contribution in [3.05, 3.63) is 70.6 Å². The lowest BCUT2D eigenvalue weighted by atomic mass is 10.3. The molecule has 0 fully saturated rings. The van der Waals surface area contributed by atoms with Crippen LogP contribution in [0, 0.1) is 13.8 Å². The maximum atomic E-state index is 12.4. The Morgan fingerprint density at radius 3 is 2.77 bits per heavy atom. The van der Waals surface area contributed by atoms with E-state index in [-0.39, 0.29) is 5.91 Å². The van der Waals surface area contributed by atoms with E-state index >= 15 is 0 Å². The topological polar surface area (TPSA) is 72.4 Å². The predicted octanol–water partition coefficient (Wildman–Crippen LogP) is 4.06. The molecule has 0 atom stereocenters. The van der Waals surface area contributed by atoms with E-state index in [1.165, 1.54) is 17.6 Å². The lowest BCUT2D eigenvalue weighted by Crippen LogP contribution is -2.16. The largest absolute Gasteiger partial charge is 0.460 e. The van der Waals surface area contributed by atoms with Crippen molar-refractivity contribution < 1.29 is 9.21 Å². The molecule has 0 bridgehead atoms. The summed E-state index contributed by atoms with van der Waals surface area (Å²) < 4.78 is 7.24. The van der Waals surface area contributed by atoms with Crippen molar-refractivity contribution in [1.29, 1.82) is 0 Å². The van der Waals surface area contributed by atoms with E-state index in [0.29, 0.717) is 10.6 Å². The molecule has 26 heavy (non-hydrogen) atoms. The van der Waals surface area contributed by atoms with Crippen molar-refractivity contribution in [3.8, 4) is 5.69 Å². The van der Waals surface area contributed by atoms with Crippen molar-refractivity contribution in [1.82, 2.24) is 15.2 Å². The molecule has 3 aromatic heterocycles. The van der Waals surface area contributed by atoms with Crippen molar-refractivity contribution in [2.45, 2.75) is 13.8 Å². The molecular weight excluding hydrogens is 348 g/mol. The van der Waals surface area contributed by atoms with Crippen molar-refractivity contribution in [2.75, 3.05) is 0 Å². The average molecular weight is 364 g/mol. The highest BCUT2D eigenvalue weighted by Gasteiger charge is 2.16. The molecule has 0 aliphatic carbocycles. The highest BCUT2D eigenvalue weighted by molar-refractivity contribution is 7.20. The molecule has 130 valence electrons. The van der Waals surface area contributed by atoms with Crippen LogP contribution in [0.15, 0.2) is 58.0 Å². The van der Waals surface area contributed by atoms with Gasteiger partial charge in [0.25, 0.3) is 5.91 Å². The first-order valence-electron chi connectivity index (χ1n) is 8.06. The molecule has 0 saturated carbocycles. The maximum Gasteiger partial charge on any atom is 0.281 e. The molecule has 1 N–H and O–H groups in total. The highest BCUT2D eigenvalue weighted by Crippen LogP contribution is 2.30. The van der Waals surface area contributed by atoms with Crippen LogP contribution < -0.4 is 5.43 Å². The third-order valence-corrected chi connectivity index (χ3v) is 5.00. The number of aromatic nitrogens is 2. The zero-order valence-electron chi connectivity index (χ0n) is 14.3. The number of benzene rings is 1. The van der Waals surface area contributed by atoms with E-state index in [0.717, 1.165) is 27.4 Å². The lowest BCUT2D eigenvalue weighted by molar-refractivity contribution is 0.0959. The van der Waals surface area contributed by atoms with Gasteiger partial charge < -0.3 is 4.42 Å². The predicted molar refractivity (Wildman–Crippen MR) is 102 cm³/mol. The van der Waals surface area contributed by atoms with Gasteiger partial charge in [0.15, 0.2) is 0 Å². The van der Waals surface area contributed by atoms with Gasteiger partial charge in [0.2, 0.25) is 0 Å². The fourth-order valence-electron chi connectivity index (χ4n) is 2.64. The molecule has 0 spiro atoms. The summed E-state index contributed by atoms with van der Waals surface area (Å²) in [6.45, 7) is 3.79. The number of carbonyl (C=O) groups is 1. The van der Waals surface area contributed by atoms with Crippen LogP contribution in [0.1, 0.15) is 26.9 Å². The first-order valence-corrected chi connectivity index (χ1v) is 8.88. The van der Waals surface area contributed by atoms with Crippen molar-refractivity contribution in [3.63, 3.8) is 0 Å². The summed E-state index contributed by atoms with van der Waals surface area (Å²) in [6, 6.07) is 15.3.